The largest absolute Gasteiger partial charge is 0.479 e. The van der Waals surface area contributed by atoms with Crippen molar-refractivity contribution in [2.45, 2.75) is 6.54 Å². The van der Waals surface area contributed by atoms with E-state index in [1.54, 1.807) is 0 Å². The molecule has 13 heavy (non-hydrogen) atoms. The molecule has 0 aliphatic carbocycles. The summed E-state index contributed by atoms with van der Waals surface area (Å²) in [5.74, 6) is -0.511. The second-order valence-electron chi connectivity index (χ2n) is 2.37. The number of ether oxygens (including phenoxy) is 1. The van der Waals surface area contributed by atoms with Crippen molar-refractivity contribution in [1.82, 2.24) is 9.78 Å². The number of carbonyl (C=O) groups excluding carboxylic acids is 1. The maximum absolute atomic E-state index is 11.9. The molecule has 1 rings (SSSR count). The molecular formula is C7H10FN3O2. The lowest BCUT2D eigenvalue weighted by atomic mass is 10.3. The fourth-order valence-corrected chi connectivity index (χ4v) is 0.925. The Morgan fingerprint density at radius 1 is 1.85 bits per heavy atom. The third-order valence-corrected chi connectivity index (χ3v) is 1.50. The molecule has 5 nitrogen and oxygen atoms in total. The second kappa shape index (κ2) is 3.88. The molecule has 0 saturated heterocycles. The molecule has 72 valence electrons. The Kier molecular flexibility index (Phi) is 2.84. The third-order valence-electron chi connectivity index (χ3n) is 1.50. The molecule has 0 bridgehead atoms. The summed E-state index contributed by atoms with van der Waals surface area (Å²) in [6.45, 7) is -0.466. The highest BCUT2D eigenvalue weighted by Gasteiger charge is 2.13. The number of halogens is 1. The minimum atomic E-state index is -0.637. The van der Waals surface area contributed by atoms with E-state index in [2.05, 4.69) is 5.10 Å². The van der Waals surface area contributed by atoms with Crippen molar-refractivity contribution in [2.24, 2.45) is 5.73 Å². The summed E-state index contributed by atoms with van der Waals surface area (Å²) in [7, 11) is 1.37. The van der Waals surface area contributed by atoms with Crippen molar-refractivity contribution in [3.63, 3.8) is 0 Å². The average Bonchev–Trinajstić information content (AvgIpc) is 2.48. The van der Waals surface area contributed by atoms with Crippen LogP contribution in [0.1, 0.15) is 10.4 Å². The minimum Gasteiger partial charge on any atom is -0.479 e. The molecule has 0 aliphatic heterocycles. The van der Waals surface area contributed by atoms with Crippen LogP contribution in [0.3, 0.4) is 0 Å². The fourth-order valence-electron chi connectivity index (χ4n) is 0.925. The van der Waals surface area contributed by atoms with E-state index in [1.807, 2.05) is 0 Å². The van der Waals surface area contributed by atoms with Gasteiger partial charge in [-0.1, -0.05) is 0 Å². The molecule has 2 N–H and O–H groups in total. The van der Waals surface area contributed by atoms with E-state index < -0.39 is 12.6 Å². The molecule has 1 aromatic rings. The monoisotopic (exact) mass is 187 g/mol. The number of aryl methyl sites for hydroxylation is 1. The lowest BCUT2D eigenvalue weighted by molar-refractivity contribution is 0.0997. The first-order chi connectivity index (χ1) is 6.19. The standard InChI is InChI=1S/C7H10FN3O2/c1-13-7-5(6(9)12)4-11(10-7)3-2-8/h4H,2-3H2,1H3,(H2,9,12). The molecule has 1 amide bonds. The number of alkyl halides is 1. The summed E-state index contributed by atoms with van der Waals surface area (Å²) in [6.07, 6.45) is 1.36. The summed E-state index contributed by atoms with van der Waals surface area (Å²) < 4.78 is 18.0. The predicted molar refractivity (Wildman–Crippen MR) is 43.3 cm³/mol. The van der Waals surface area contributed by atoms with Gasteiger partial charge in [-0.05, 0) is 0 Å². The molecular weight excluding hydrogens is 177 g/mol. The molecule has 1 aromatic heterocycles. The Balaban J connectivity index is 2.97. The van der Waals surface area contributed by atoms with Crippen molar-refractivity contribution >= 4 is 5.91 Å². The van der Waals surface area contributed by atoms with Crippen LogP contribution in [0.2, 0.25) is 0 Å². The minimum absolute atomic E-state index is 0.0869. The van der Waals surface area contributed by atoms with E-state index in [1.165, 1.54) is 18.0 Å². The predicted octanol–water partition coefficient (Wildman–Crippen LogP) is -0.0399. The van der Waals surface area contributed by atoms with Gasteiger partial charge in [-0.15, -0.1) is 5.10 Å². The highest BCUT2D eigenvalue weighted by atomic mass is 19.1. The lowest BCUT2D eigenvalue weighted by Gasteiger charge is -1.94. The Hall–Kier alpha value is -1.59. The van der Waals surface area contributed by atoms with Gasteiger partial charge in [0.15, 0.2) is 0 Å². The normalized spacial score (nSPS) is 10.0. The van der Waals surface area contributed by atoms with Gasteiger partial charge in [0.25, 0.3) is 5.91 Å². The second-order valence-corrected chi connectivity index (χ2v) is 2.37. The molecule has 0 unspecified atom stereocenters. The van der Waals surface area contributed by atoms with Crippen LogP contribution in [0, 0.1) is 0 Å². The van der Waals surface area contributed by atoms with E-state index in [9.17, 15) is 9.18 Å². The quantitative estimate of drug-likeness (QED) is 0.719. The zero-order valence-corrected chi connectivity index (χ0v) is 7.16. The highest BCUT2D eigenvalue weighted by Crippen LogP contribution is 2.13. The van der Waals surface area contributed by atoms with Crippen molar-refractivity contribution in [3.8, 4) is 5.88 Å². The summed E-state index contributed by atoms with van der Waals surface area (Å²) in [5.41, 5.74) is 5.20. The Morgan fingerprint density at radius 3 is 2.92 bits per heavy atom. The van der Waals surface area contributed by atoms with E-state index >= 15 is 0 Å². The number of hydrogen-bond donors (Lipinski definition) is 1. The number of aromatic nitrogens is 2. The molecule has 0 fully saturated rings. The van der Waals surface area contributed by atoms with Crippen LogP contribution in [0.25, 0.3) is 0 Å². The SMILES string of the molecule is COc1nn(CCF)cc1C(N)=O. The van der Waals surface area contributed by atoms with Crippen LogP contribution in [0.15, 0.2) is 6.20 Å². The van der Waals surface area contributed by atoms with Crippen LogP contribution in [-0.4, -0.2) is 29.5 Å². The van der Waals surface area contributed by atoms with Gasteiger partial charge in [-0.25, -0.2) is 4.39 Å². The highest BCUT2D eigenvalue weighted by molar-refractivity contribution is 5.94. The van der Waals surface area contributed by atoms with E-state index in [0.717, 1.165) is 0 Å². The first kappa shape index (κ1) is 9.50. The first-order valence-corrected chi connectivity index (χ1v) is 3.66. The van der Waals surface area contributed by atoms with Gasteiger partial charge >= 0.3 is 0 Å². The molecule has 0 atom stereocenters. The summed E-state index contributed by atoms with van der Waals surface area (Å²) in [6, 6.07) is 0. The first-order valence-electron chi connectivity index (χ1n) is 3.66. The maximum atomic E-state index is 11.9. The number of amides is 1. The molecule has 0 aromatic carbocycles. The Bertz CT molecular complexity index is 311. The van der Waals surface area contributed by atoms with Crippen molar-refractivity contribution < 1.29 is 13.9 Å². The molecule has 1 heterocycles. The number of nitrogens with two attached hydrogens (primary N) is 1. The van der Waals surface area contributed by atoms with E-state index in [4.69, 9.17) is 10.5 Å². The Morgan fingerprint density at radius 2 is 2.54 bits per heavy atom. The fraction of sp³-hybridized carbons (Fsp3) is 0.429. The van der Waals surface area contributed by atoms with Crippen LogP contribution >= 0.6 is 0 Å². The lowest BCUT2D eigenvalue weighted by Crippen LogP contribution is -2.11. The van der Waals surface area contributed by atoms with E-state index in [-0.39, 0.29) is 18.0 Å². The molecule has 6 heteroatoms. The number of rotatable bonds is 4. The number of primary amides is 1. The summed E-state index contributed by atoms with van der Waals surface area (Å²) >= 11 is 0. The summed E-state index contributed by atoms with van der Waals surface area (Å²) in [4.78, 5) is 10.8. The zero-order chi connectivity index (χ0) is 9.84. The van der Waals surface area contributed by atoms with Crippen molar-refractivity contribution in [1.29, 1.82) is 0 Å². The van der Waals surface area contributed by atoms with Crippen molar-refractivity contribution in [3.05, 3.63) is 11.8 Å². The zero-order valence-electron chi connectivity index (χ0n) is 7.16. The number of nitrogens with zero attached hydrogens (tertiary/aromatic N) is 2. The molecule has 0 aliphatic rings. The van der Waals surface area contributed by atoms with Crippen LogP contribution in [-0.2, 0) is 6.54 Å². The average molecular weight is 187 g/mol. The molecule has 0 saturated carbocycles. The van der Waals surface area contributed by atoms with Crippen molar-refractivity contribution in [2.75, 3.05) is 13.8 Å². The number of methoxy groups -OCH3 is 1. The van der Waals surface area contributed by atoms with Gasteiger partial charge in [-0.2, -0.15) is 0 Å². The van der Waals surface area contributed by atoms with Gasteiger partial charge in [0.05, 0.1) is 13.7 Å². The topological polar surface area (TPSA) is 70.1 Å². The van der Waals surface area contributed by atoms with Gasteiger partial charge in [0, 0.05) is 6.20 Å². The number of carbonyl (C=O) groups is 1. The van der Waals surface area contributed by atoms with Crippen LogP contribution in [0.5, 0.6) is 5.88 Å². The van der Waals surface area contributed by atoms with Crippen LogP contribution < -0.4 is 10.5 Å². The van der Waals surface area contributed by atoms with Gasteiger partial charge < -0.3 is 10.5 Å². The smallest absolute Gasteiger partial charge is 0.255 e. The van der Waals surface area contributed by atoms with Gasteiger partial charge in [-0.3, -0.25) is 9.48 Å². The maximum Gasteiger partial charge on any atom is 0.255 e. The van der Waals surface area contributed by atoms with Gasteiger partial charge in [0.1, 0.15) is 12.2 Å². The Labute approximate surface area is 74.3 Å². The molecule has 0 radical (unpaired) electrons. The number of hydrogen-bond acceptors (Lipinski definition) is 3. The van der Waals surface area contributed by atoms with E-state index in [0.29, 0.717) is 0 Å². The third kappa shape index (κ3) is 1.95. The van der Waals surface area contributed by atoms with Crippen LogP contribution in [0.4, 0.5) is 4.39 Å². The molecule has 0 spiro atoms. The van der Waals surface area contributed by atoms with Gasteiger partial charge in [0.2, 0.25) is 5.88 Å². The summed E-state index contributed by atoms with van der Waals surface area (Å²) in [5, 5.41) is 3.79.